The summed E-state index contributed by atoms with van der Waals surface area (Å²) >= 11 is 0. The third-order valence-corrected chi connectivity index (χ3v) is 3.84. The predicted molar refractivity (Wildman–Crippen MR) is 101 cm³/mol. The van der Waals surface area contributed by atoms with Crippen molar-refractivity contribution in [1.82, 2.24) is 0 Å². The summed E-state index contributed by atoms with van der Waals surface area (Å²) in [6, 6.07) is 17.2. The van der Waals surface area contributed by atoms with Gasteiger partial charge in [0.25, 0.3) is 0 Å². The first-order valence-electron chi connectivity index (χ1n) is 8.81. The lowest BCUT2D eigenvalue weighted by Gasteiger charge is -2.04. The molecule has 0 unspecified atom stereocenters. The molecule has 2 heteroatoms. The summed E-state index contributed by atoms with van der Waals surface area (Å²) in [5.41, 5.74) is 7.27. The van der Waals surface area contributed by atoms with Gasteiger partial charge < -0.3 is 10.8 Å². The maximum atomic E-state index is 9.58. The van der Waals surface area contributed by atoms with Crippen LogP contribution in [0.1, 0.15) is 57.4 Å². The Morgan fingerprint density at radius 1 is 0.739 bits per heavy atom. The predicted octanol–water partition coefficient (Wildman–Crippen LogP) is 5.95. The number of hydrogen-bond acceptors (Lipinski definition) is 2. The Morgan fingerprint density at radius 3 is 1.87 bits per heavy atom. The number of aromatic hydroxyl groups is 1. The molecular weight excluding hydrogens is 282 g/mol. The summed E-state index contributed by atoms with van der Waals surface area (Å²) in [5.74, 6) is 0.452. The molecule has 126 valence electrons. The van der Waals surface area contributed by atoms with Crippen molar-refractivity contribution in [3.63, 3.8) is 0 Å². The average Bonchev–Trinajstić information content (AvgIpc) is 2.57. The van der Waals surface area contributed by atoms with Gasteiger partial charge in [-0.1, -0.05) is 81.8 Å². The van der Waals surface area contributed by atoms with Crippen LogP contribution in [-0.2, 0) is 6.42 Å². The molecule has 0 aliphatic carbocycles. The van der Waals surface area contributed by atoms with Gasteiger partial charge in [0.15, 0.2) is 0 Å². The first-order valence-corrected chi connectivity index (χ1v) is 8.81. The Bertz CT molecular complexity index is 510. The molecule has 0 aliphatic rings. The van der Waals surface area contributed by atoms with E-state index in [2.05, 4.69) is 6.92 Å². The van der Waals surface area contributed by atoms with Crippen molar-refractivity contribution in [2.45, 2.75) is 58.3 Å². The van der Waals surface area contributed by atoms with E-state index in [1.54, 1.807) is 6.07 Å². The van der Waals surface area contributed by atoms with Gasteiger partial charge >= 0.3 is 0 Å². The zero-order valence-electron chi connectivity index (χ0n) is 14.4. The number of phenolic OH excluding ortho intramolecular Hbond substituents is 1. The fraction of sp³-hybridized carbons (Fsp3) is 0.429. The van der Waals surface area contributed by atoms with Crippen molar-refractivity contribution < 1.29 is 5.11 Å². The van der Waals surface area contributed by atoms with Crippen molar-refractivity contribution in [1.29, 1.82) is 0 Å². The quantitative estimate of drug-likeness (QED) is 0.467. The summed E-state index contributed by atoms with van der Waals surface area (Å²) < 4.78 is 0. The molecule has 3 N–H and O–H groups in total. The highest BCUT2D eigenvalue weighted by atomic mass is 16.3. The lowest BCUT2D eigenvalue weighted by Crippen LogP contribution is -1.87. The fourth-order valence-electron chi connectivity index (χ4n) is 2.45. The van der Waals surface area contributed by atoms with Crippen molar-refractivity contribution >= 4 is 5.69 Å². The number of nitrogens with two attached hydrogens (primary N) is 1. The summed E-state index contributed by atoms with van der Waals surface area (Å²) in [7, 11) is 0. The molecule has 0 spiro atoms. The number of rotatable bonds is 8. The summed E-state index contributed by atoms with van der Waals surface area (Å²) in [6.45, 7) is 2.25. The van der Waals surface area contributed by atoms with Crippen LogP contribution in [0.2, 0.25) is 0 Å². The van der Waals surface area contributed by atoms with Crippen LogP contribution in [0.5, 0.6) is 5.75 Å². The summed E-state index contributed by atoms with van der Waals surface area (Å²) in [6.07, 6.45) is 10.3. The van der Waals surface area contributed by atoms with Crippen molar-refractivity contribution in [3.8, 4) is 5.75 Å². The molecule has 0 radical (unpaired) electrons. The summed E-state index contributed by atoms with van der Waals surface area (Å²) in [4.78, 5) is 0. The third kappa shape index (κ3) is 9.62. The molecular formula is C21H31NO. The molecule has 0 aromatic heterocycles. The number of hydrogen-bond donors (Lipinski definition) is 2. The number of anilines is 1. The van der Waals surface area contributed by atoms with Crippen LogP contribution in [0.3, 0.4) is 0 Å². The van der Waals surface area contributed by atoms with Gasteiger partial charge in [-0.05, 0) is 36.6 Å². The highest BCUT2D eigenvalue weighted by Gasteiger charge is 1.98. The smallest absolute Gasteiger partial charge is 0.118 e. The van der Waals surface area contributed by atoms with Crippen molar-refractivity contribution in [2.24, 2.45) is 0 Å². The SMILES string of the molecule is CCCCCCCCCc1ccccc1O.Nc1ccccc1. The van der Waals surface area contributed by atoms with E-state index in [1.165, 1.54) is 44.9 Å². The molecule has 0 saturated carbocycles. The second-order valence-electron chi connectivity index (χ2n) is 5.91. The minimum absolute atomic E-state index is 0.452. The van der Waals surface area contributed by atoms with Crippen LogP contribution >= 0.6 is 0 Å². The topological polar surface area (TPSA) is 46.2 Å². The van der Waals surface area contributed by atoms with Gasteiger partial charge in [-0.15, -0.1) is 0 Å². The Labute approximate surface area is 141 Å². The molecule has 2 aromatic carbocycles. The molecule has 0 saturated heterocycles. The molecule has 0 aliphatic heterocycles. The van der Waals surface area contributed by atoms with Gasteiger partial charge in [0.1, 0.15) is 5.75 Å². The Hall–Kier alpha value is -1.96. The molecule has 0 bridgehead atoms. The third-order valence-electron chi connectivity index (χ3n) is 3.84. The second-order valence-corrected chi connectivity index (χ2v) is 5.91. The number of para-hydroxylation sites is 2. The normalized spacial score (nSPS) is 9.96. The zero-order valence-corrected chi connectivity index (χ0v) is 14.4. The van der Waals surface area contributed by atoms with Crippen LogP contribution in [0, 0.1) is 0 Å². The zero-order chi connectivity index (χ0) is 16.8. The number of unbranched alkanes of at least 4 members (excludes halogenated alkanes) is 6. The van der Waals surface area contributed by atoms with E-state index in [0.29, 0.717) is 5.75 Å². The average molecular weight is 313 g/mol. The van der Waals surface area contributed by atoms with Gasteiger partial charge in [-0.25, -0.2) is 0 Å². The van der Waals surface area contributed by atoms with Crippen LogP contribution in [0.25, 0.3) is 0 Å². The second kappa shape index (κ2) is 12.6. The van der Waals surface area contributed by atoms with E-state index in [-0.39, 0.29) is 0 Å². The van der Waals surface area contributed by atoms with Crippen molar-refractivity contribution in [2.75, 3.05) is 5.73 Å². The Morgan fingerprint density at radius 2 is 1.30 bits per heavy atom. The minimum Gasteiger partial charge on any atom is -0.508 e. The van der Waals surface area contributed by atoms with Crippen LogP contribution < -0.4 is 5.73 Å². The fourth-order valence-corrected chi connectivity index (χ4v) is 2.45. The maximum Gasteiger partial charge on any atom is 0.118 e. The summed E-state index contributed by atoms with van der Waals surface area (Å²) in [5, 5.41) is 9.58. The number of phenols is 1. The molecule has 2 aromatic rings. The first kappa shape index (κ1) is 19.1. The number of nitrogen functional groups attached to an aromatic ring is 1. The monoisotopic (exact) mass is 313 g/mol. The van der Waals surface area contributed by atoms with Gasteiger partial charge in [0.05, 0.1) is 0 Å². The van der Waals surface area contributed by atoms with E-state index in [4.69, 9.17) is 5.73 Å². The van der Waals surface area contributed by atoms with E-state index in [1.807, 2.05) is 48.5 Å². The number of benzene rings is 2. The number of aryl methyl sites for hydroxylation is 1. The molecule has 0 atom stereocenters. The van der Waals surface area contributed by atoms with E-state index in [9.17, 15) is 5.11 Å². The molecule has 2 rings (SSSR count). The van der Waals surface area contributed by atoms with Crippen molar-refractivity contribution in [3.05, 3.63) is 60.2 Å². The van der Waals surface area contributed by atoms with Gasteiger partial charge in [0, 0.05) is 5.69 Å². The Kier molecular flexibility index (Phi) is 10.4. The first-order chi connectivity index (χ1) is 11.2. The molecule has 0 amide bonds. The molecule has 2 nitrogen and oxygen atoms in total. The van der Waals surface area contributed by atoms with Crippen LogP contribution in [0.15, 0.2) is 54.6 Å². The van der Waals surface area contributed by atoms with Crippen LogP contribution in [-0.4, -0.2) is 5.11 Å². The van der Waals surface area contributed by atoms with E-state index in [0.717, 1.165) is 17.7 Å². The Balaban J connectivity index is 0.000000313. The minimum atomic E-state index is 0.452. The molecule has 0 fully saturated rings. The molecule has 23 heavy (non-hydrogen) atoms. The van der Waals surface area contributed by atoms with Crippen LogP contribution in [0.4, 0.5) is 5.69 Å². The van der Waals surface area contributed by atoms with Gasteiger partial charge in [0.2, 0.25) is 0 Å². The standard InChI is InChI=1S/C15H24O.C6H7N/c1-2-3-4-5-6-7-8-11-14-12-9-10-13-15(14)16;7-6-4-2-1-3-5-6/h9-10,12-13,16H,2-8,11H2,1H3;1-5H,7H2. The molecule has 0 heterocycles. The lowest BCUT2D eigenvalue weighted by atomic mass is 10.0. The van der Waals surface area contributed by atoms with E-state index >= 15 is 0 Å². The highest BCUT2D eigenvalue weighted by Crippen LogP contribution is 2.18. The van der Waals surface area contributed by atoms with Gasteiger partial charge in [-0.3, -0.25) is 0 Å². The lowest BCUT2D eigenvalue weighted by molar-refractivity contribution is 0.466. The van der Waals surface area contributed by atoms with Gasteiger partial charge in [-0.2, -0.15) is 0 Å². The largest absolute Gasteiger partial charge is 0.508 e. The van der Waals surface area contributed by atoms with E-state index < -0.39 is 0 Å². The highest BCUT2D eigenvalue weighted by molar-refractivity contribution is 5.35. The maximum absolute atomic E-state index is 9.58.